The first-order valence-electron chi connectivity index (χ1n) is 15.2. The molecule has 1 saturated carbocycles. The van der Waals surface area contributed by atoms with Crippen LogP contribution in [0.4, 0.5) is 8.78 Å². The van der Waals surface area contributed by atoms with Gasteiger partial charge in [-0.05, 0) is 49.8 Å². The fourth-order valence-corrected chi connectivity index (χ4v) is 6.06. The third-order valence-electron chi connectivity index (χ3n) is 8.83. The van der Waals surface area contributed by atoms with Gasteiger partial charge in [-0.25, -0.2) is 8.78 Å². The Morgan fingerprint density at radius 3 is 2.37 bits per heavy atom. The number of nitrogens with zero attached hydrogens (tertiary/aromatic N) is 1. The highest BCUT2D eigenvalue weighted by atomic mass is 19.3. The maximum absolute atomic E-state index is 14.0. The molecule has 3 aliphatic rings. The summed E-state index contributed by atoms with van der Waals surface area (Å²) < 4.78 is 43.8. The number of alkyl halides is 2. The average molecular weight is 607 g/mol. The summed E-state index contributed by atoms with van der Waals surface area (Å²) in [5, 5.41) is 2.84. The molecule has 1 N–H and O–H groups in total. The van der Waals surface area contributed by atoms with Crippen LogP contribution >= 0.6 is 0 Å². The molecule has 1 aliphatic carbocycles. The molecule has 2 aliphatic heterocycles. The molecule has 0 unspecified atom stereocenters. The maximum Gasteiger partial charge on any atom is 0.248 e. The van der Waals surface area contributed by atoms with E-state index in [9.17, 15) is 28.0 Å². The van der Waals surface area contributed by atoms with E-state index < -0.39 is 35.3 Å². The van der Waals surface area contributed by atoms with Gasteiger partial charge in [0.2, 0.25) is 11.8 Å². The van der Waals surface area contributed by atoms with E-state index in [-0.39, 0.29) is 74.9 Å². The van der Waals surface area contributed by atoms with Crippen molar-refractivity contribution in [2.45, 2.75) is 76.4 Å². The predicted molar refractivity (Wildman–Crippen MR) is 154 cm³/mol. The number of ketones is 3. The van der Waals surface area contributed by atoms with Gasteiger partial charge in [-0.1, -0.05) is 19.1 Å². The van der Waals surface area contributed by atoms with Crippen molar-refractivity contribution in [2.24, 2.45) is 17.8 Å². The molecule has 11 heteroatoms. The summed E-state index contributed by atoms with van der Waals surface area (Å²) in [5.74, 6) is -5.07. The molecule has 1 aromatic carbocycles. The summed E-state index contributed by atoms with van der Waals surface area (Å²) in [6.07, 6.45) is -0.0493. The highest BCUT2D eigenvalue weighted by Gasteiger charge is 2.51. The number of hydrogen-bond acceptors (Lipinski definition) is 8. The number of rotatable bonds is 16. The molecule has 1 aromatic rings. The van der Waals surface area contributed by atoms with Crippen LogP contribution in [0, 0.1) is 17.8 Å². The Balaban J connectivity index is 1.45. The molecule has 0 spiro atoms. The Labute approximate surface area is 252 Å². The second-order valence-electron chi connectivity index (χ2n) is 12.6. The highest BCUT2D eigenvalue weighted by molar-refractivity contribution is 5.97. The molecule has 0 radical (unpaired) electrons. The number of nitrogens with one attached hydrogen (secondary N) is 1. The molecular formula is C32H44F2N2O7. The van der Waals surface area contributed by atoms with E-state index in [0.29, 0.717) is 38.5 Å². The third-order valence-corrected chi connectivity index (χ3v) is 8.83. The van der Waals surface area contributed by atoms with E-state index in [2.05, 4.69) is 5.32 Å². The number of epoxide rings is 1. The van der Waals surface area contributed by atoms with Crippen LogP contribution in [0.3, 0.4) is 0 Å². The maximum atomic E-state index is 14.0. The highest BCUT2D eigenvalue weighted by Crippen LogP contribution is 2.43. The minimum Gasteiger partial charge on any atom is -0.497 e. The fraction of sp³-hybridized carbons (Fsp3) is 0.688. The zero-order valence-corrected chi connectivity index (χ0v) is 25.4. The van der Waals surface area contributed by atoms with Gasteiger partial charge in [0.25, 0.3) is 0 Å². The lowest BCUT2D eigenvalue weighted by Gasteiger charge is -2.26. The van der Waals surface area contributed by atoms with E-state index in [1.807, 2.05) is 4.90 Å². The van der Waals surface area contributed by atoms with Crippen LogP contribution in [-0.4, -0.2) is 92.3 Å². The SMILES string of the molecule is COc1ccc(C[C@H](NC(=O)[C@H](C)CC(=O)CN2CCOCC2)C(=O)C[C@@H](C[C@H]2CCC(F)(F)C2)C(=O)[C@@]2(C)CO2)cc1. The number of carbonyl (C=O) groups excluding carboxylic acids is 4. The summed E-state index contributed by atoms with van der Waals surface area (Å²) in [6.45, 7) is 6.23. The summed E-state index contributed by atoms with van der Waals surface area (Å²) in [7, 11) is 1.55. The molecule has 0 aromatic heterocycles. The summed E-state index contributed by atoms with van der Waals surface area (Å²) in [6, 6.07) is 6.13. The first kappa shape index (κ1) is 33.1. The Morgan fingerprint density at radius 1 is 1.12 bits per heavy atom. The number of Topliss-reactive ketones (excluding diaryl/α,β-unsaturated/α-hetero) is 3. The first-order valence-corrected chi connectivity index (χ1v) is 15.2. The molecule has 3 fully saturated rings. The second kappa shape index (κ2) is 14.3. The molecule has 43 heavy (non-hydrogen) atoms. The Bertz CT molecular complexity index is 1150. The van der Waals surface area contributed by atoms with Gasteiger partial charge in [0.15, 0.2) is 11.6 Å². The van der Waals surface area contributed by atoms with E-state index in [1.165, 1.54) is 0 Å². The Morgan fingerprint density at radius 2 is 1.79 bits per heavy atom. The fourth-order valence-electron chi connectivity index (χ4n) is 6.06. The zero-order valence-electron chi connectivity index (χ0n) is 25.4. The van der Waals surface area contributed by atoms with Crippen LogP contribution in [0.25, 0.3) is 0 Å². The number of methoxy groups -OCH3 is 1. The lowest BCUT2D eigenvalue weighted by Crippen LogP contribution is -2.46. The van der Waals surface area contributed by atoms with Crippen molar-refractivity contribution < 1.29 is 42.2 Å². The summed E-state index contributed by atoms with van der Waals surface area (Å²) >= 11 is 0. The summed E-state index contributed by atoms with van der Waals surface area (Å²) in [5.41, 5.74) is -0.234. The molecule has 0 bridgehead atoms. The van der Waals surface area contributed by atoms with Crippen molar-refractivity contribution in [2.75, 3.05) is 46.6 Å². The van der Waals surface area contributed by atoms with Crippen LogP contribution in [-0.2, 0) is 35.1 Å². The van der Waals surface area contributed by atoms with Crippen molar-refractivity contribution in [3.05, 3.63) is 29.8 Å². The molecule has 2 saturated heterocycles. The minimum atomic E-state index is -2.76. The molecule has 1 amide bonds. The van der Waals surface area contributed by atoms with E-state index in [1.54, 1.807) is 45.2 Å². The van der Waals surface area contributed by atoms with Crippen LogP contribution in [0.1, 0.15) is 57.9 Å². The molecule has 2 heterocycles. The molecular weight excluding hydrogens is 562 g/mol. The Hall–Kier alpha value is -2.76. The average Bonchev–Trinajstić information content (AvgIpc) is 3.64. The van der Waals surface area contributed by atoms with Crippen LogP contribution in [0.2, 0.25) is 0 Å². The van der Waals surface area contributed by atoms with Crippen LogP contribution < -0.4 is 10.1 Å². The van der Waals surface area contributed by atoms with Crippen LogP contribution in [0.15, 0.2) is 24.3 Å². The van der Waals surface area contributed by atoms with Crippen molar-refractivity contribution in [3.8, 4) is 5.75 Å². The number of halogens is 2. The lowest BCUT2D eigenvalue weighted by atomic mass is 9.81. The van der Waals surface area contributed by atoms with Gasteiger partial charge in [0, 0.05) is 50.6 Å². The summed E-state index contributed by atoms with van der Waals surface area (Å²) in [4.78, 5) is 55.1. The van der Waals surface area contributed by atoms with E-state index in [4.69, 9.17) is 14.2 Å². The van der Waals surface area contributed by atoms with Gasteiger partial charge < -0.3 is 19.5 Å². The van der Waals surface area contributed by atoms with Gasteiger partial charge in [-0.3, -0.25) is 24.1 Å². The van der Waals surface area contributed by atoms with Gasteiger partial charge in [-0.2, -0.15) is 0 Å². The van der Waals surface area contributed by atoms with E-state index in [0.717, 1.165) is 5.56 Å². The number of ether oxygens (including phenoxy) is 3. The standard InChI is InChI=1S/C32H44F2N2O7/c1-21(14-25(37)19-36-10-12-42-13-11-36)30(40)35-27(16-22-4-6-26(41-3)7-5-22)28(38)17-24(29(39)31(2)20-43-31)15-23-8-9-32(33,34)18-23/h4-7,21,23-24,27H,8-20H2,1-3H3,(H,35,40)/t21-,23-,24-,27+,31-/m1/s1. The third kappa shape index (κ3) is 9.61. The number of hydrogen-bond donors (Lipinski definition) is 1. The zero-order chi connectivity index (χ0) is 31.2. The van der Waals surface area contributed by atoms with Crippen LogP contribution in [0.5, 0.6) is 5.75 Å². The molecule has 9 nitrogen and oxygen atoms in total. The largest absolute Gasteiger partial charge is 0.497 e. The lowest BCUT2D eigenvalue weighted by molar-refractivity contribution is -0.134. The first-order chi connectivity index (χ1) is 20.4. The molecule has 238 valence electrons. The number of amides is 1. The van der Waals surface area contributed by atoms with Gasteiger partial charge in [0.1, 0.15) is 17.1 Å². The predicted octanol–water partition coefficient (Wildman–Crippen LogP) is 3.41. The van der Waals surface area contributed by atoms with Gasteiger partial charge in [0.05, 0.1) is 39.5 Å². The smallest absolute Gasteiger partial charge is 0.248 e. The quantitative estimate of drug-likeness (QED) is 0.285. The number of benzene rings is 1. The number of morpholine rings is 1. The van der Waals surface area contributed by atoms with E-state index >= 15 is 0 Å². The topological polar surface area (TPSA) is 115 Å². The monoisotopic (exact) mass is 606 g/mol. The normalized spacial score (nSPS) is 25.4. The van der Waals surface area contributed by atoms with Crippen molar-refractivity contribution in [3.63, 3.8) is 0 Å². The number of carbonyl (C=O) groups is 4. The van der Waals surface area contributed by atoms with Gasteiger partial charge >= 0.3 is 0 Å². The molecule has 5 atom stereocenters. The molecule has 4 rings (SSSR count). The Kier molecular flexibility index (Phi) is 11.1. The van der Waals surface area contributed by atoms with Crippen molar-refractivity contribution in [1.29, 1.82) is 0 Å². The minimum absolute atomic E-state index is 0.0271. The van der Waals surface area contributed by atoms with Gasteiger partial charge in [-0.15, -0.1) is 0 Å². The van der Waals surface area contributed by atoms with Crippen molar-refractivity contribution >= 4 is 23.3 Å². The second-order valence-corrected chi connectivity index (χ2v) is 12.6. The van der Waals surface area contributed by atoms with Crippen molar-refractivity contribution in [1.82, 2.24) is 10.2 Å².